The van der Waals surface area contributed by atoms with Crippen LogP contribution in [0.1, 0.15) is 71.1 Å². The van der Waals surface area contributed by atoms with Crippen LogP contribution < -0.4 is 0 Å². The number of hydrogen-bond acceptors (Lipinski definition) is 2. The molecule has 0 unspecified atom stereocenters. The summed E-state index contributed by atoms with van der Waals surface area (Å²) in [5.41, 5.74) is 0. The van der Waals surface area contributed by atoms with Crippen LogP contribution in [0.4, 0.5) is 0 Å². The van der Waals surface area contributed by atoms with Gasteiger partial charge in [0.05, 0.1) is 13.3 Å². The molecule has 0 aromatic carbocycles. The SMILES string of the molecule is C=CCOCN(C)C1CCC(C2CCC(CCC)CC2)CC1. The second-order valence-electron chi connectivity index (χ2n) is 7.68. The summed E-state index contributed by atoms with van der Waals surface area (Å²) in [6, 6.07) is 0.734. The predicted molar refractivity (Wildman–Crippen MR) is 94.9 cm³/mol. The van der Waals surface area contributed by atoms with Gasteiger partial charge in [0.2, 0.25) is 0 Å². The maximum absolute atomic E-state index is 5.58. The van der Waals surface area contributed by atoms with Gasteiger partial charge in [-0.15, -0.1) is 6.58 Å². The van der Waals surface area contributed by atoms with E-state index in [1.54, 1.807) is 0 Å². The zero-order chi connectivity index (χ0) is 15.8. The fourth-order valence-electron chi connectivity index (χ4n) is 4.76. The first-order valence-corrected chi connectivity index (χ1v) is 9.63. The topological polar surface area (TPSA) is 12.5 Å². The van der Waals surface area contributed by atoms with Crippen LogP contribution >= 0.6 is 0 Å². The highest BCUT2D eigenvalue weighted by atomic mass is 16.5. The summed E-state index contributed by atoms with van der Waals surface area (Å²) in [6.45, 7) is 7.46. The molecule has 0 bridgehead atoms. The Hall–Kier alpha value is -0.340. The molecule has 0 spiro atoms. The van der Waals surface area contributed by atoms with Crippen molar-refractivity contribution in [2.24, 2.45) is 17.8 Å². The third kappa shape index (κ3) is 5.38. The van der Waals surface area contributed by atoms with E-state index in [-0.39, 0.29) is 0 Å². The normalized spacial score (nSPS) is 33.0. The van der Waals surface area contributed by atoms with Gasteiger partial charge >= 0.3 is 0 Å². The molecule has 128 valence electrons. The van der Waals surface area contributed by atoms with Crippen molar-refractivity contribution in [3.63, 3.8) is 0 Å². The Bertz CT molecular complexity index is 301. The van der Waals surface area contributed by atoms with Gasteiger partial charge in [-0.3, -0.25) is 4.90 Å². The quantitative estimate of drug-likeness (QED) is 0.345. The van der Waals surface area contributed by atoms with Crippen LogP contribution in [0.3, 0.4) is 0 Å². The zero-order valence-electron chi connectivity index (χ0n) is 14.9. The Balaban J connectivity index is 1.65. The van der Waals surface area contributed by atoms with E-state index >= 15 is 0 Å². The summed E-state index contributed by atoms with van der Waals surface area (Å²) in [7, 11) is 2.21. The third-order valence-electron chi connectivity index (χ3n) is 6.15. The minimum atomic E-state index is 0.667. The average molecular weight is 308 g/mol. The highest BCUT2D eigenvalue weighted by Gasteiger charge is 2.31. The van der Waals surface area contributed by atoms with Gasteiger partial charge < -0.3 is 4.74 Å². The second-order valence-corrected chi connectivity index (χ2v) is 7.68. The number of nitrogens with zero attached hydrogens (tertiary/aromatic N) is 1. The largest absolute Gasteiger partial charge is 0.362 e. The molecule has 0 heterocycles. The molecule has 2 nitrogen and oxygen atoms in total. The van der Waals surface area contributed by atoms with Crippen LogP contribution in [0.15, 0.2) is 12.7 Å². The molecular weight excluding hydrogens is 270 g/mol. The molecule has 2 heteroatoms. The lowest BCUT2D eigenvalue weighted by Gasteiger charge is -2.40. The molecule has 2 rings (SSSR count). The van der Waals surface area contributed by atoms with Crippen molar-refractivity contribution in [1.29, 1.82) is 0 Å². The van der Waals surface area contributed by atoms with Crippen molar-refractivity contribution in [2.45, 2.75) is 77.2 Å². The van der Waals surface area contributed by atoms with Crippen LogP contribution in [-0.2, 0) is 4.74 Å². The lowest BCUT2D eigenvalue weighted by molar-refractivity contribution is 0.0146. The summed E-state index contributed by atoms with van der Waals surface area (Å²) >= 11 is 0. The minimum absolute atomic E-state index is 0.667. The van der Waals surface area contributed by atoms with E-state index in [2.05, 4.69) is 25.5 Å². The highest BCUT2D eigenvalue weighted by molar-refractivity contribution is 4.84. The van der Waals surface area contributed by atoms with E-state index in [1.807, 2.05) is 6.08 Å². The first-order valence-electron chi connectivity index (χ1n) is 9.63. The van der Waals surface area contributed by atoms with Crippen molar-refractivity contribution in [1.82, 2.24) is 4.90 Å². The van der Waals surface area contributed by atoms with E-state index in [9.17, 15) is 0 Å². The van der Waals surface area contributed by atoms with E-state index in [0.29, 0.717) is 6.61 Å². The summed E-state index contributed by atoms with van der Waals surface area (Å²) in [5.74, 6) is 3.10. The van der Waals surface area contributed by atoms with E-state index in [1.165, 1.54) is 64.2 Å². The maximum Gasteiger partial charge on any atom is 0.0994 e. The first kappa shape index (κ1) is 18.0. The molecule has 22 heavy (non-hydrogen) atoms. The Kier molecular flexibility index (Phi) is 7.96. The Labute approximate surface area is 138 Å². The van der Waals surface area contributed by atoms with Crippen LogP contribution in [0.5, 0.6) is 0 Å². The fourth-order valence-corrected chi connectivity index (χ4v) is 4.76. The molecule has 0 aliphatic heterocycles. The molecular formula is C20H37NO. The van der Waals surface area contributed by atoms with Gasteiger partial charge in [0.1, 0.15) is 0 Å². The van der Waals surface area contributed by atoms with Crippen LogP contribution in [0.25, 0.3) is 0 Å². The predicted octanol–water partition coefficient (Wildman–Crippen LogP) is 5.24. The summed E-state index contributed by atoms with van der Waals surface area (Å²) in [5, 5.41) is 0. The Morgan fingerprint density at radius 3 is 2.14 bits per heavy atom. The van der Waals surface area contributed by atoms with Gasteiger partial charge in [0, 0.05) is 6.04 Å². The summed E-state index contributed by atoms with van der Waals surface area (Å²) in [4.78, 5) is 2.40. The van der Waals surface area contributed by atoms with Crippen molar-refractivity contribution < 1.29 is 4.74 Å². The van der Waals surface area contributed by atoms with E-state index < -0.39 is 0 Å². The molecule has 0 aromatic rings. The fraction of sp³-hybridized carbons (Fsp3) is 0.900. The number of rotatable bonds is 8. The van der Waals surface area contributed by atoms with Crippen LogP contribution in [0, 0.1) is 17.8 Å². The first-order chi connectivity index (χ1) is 10.7. The standard InChI is InChI=1S/C20H37NO/c1-4-6-17-7-9-18(10-8-17)19-11-13-20(14-12-19)21(3)16-22-15-5-2/h5,17-20H,2,4,6-16H2,1,3H3. The monoisotopic (exact) mass is 307 g/mol. The van der Waals surface area contributed by atoms with Crippen molar-refractivity contribution in [3.8, 4) is 0 Å². The lowest BCUT2D eigenvalue weighted by atomic mass is 9.69. The summed E-state index contributed by atoms with van der Waals surface area (Å²) in [6.07, 6.45) is 16.3. The number of hydrogen-bond donors (Lipinski definition) is 0. The molecule has 2 aliphatic carbocycles. The molecule has 0 amide bonds. The molecule has 0 saturated heterocycles. The van der Waals surface area contributed by atoms with Crippen LogP contribution in [0.2, 0.25) is 0 Å². The molecule has 2 aliphatic rings. The third-order valence-corrected chi connectivity index (χ3v) is 6.15. The van der Waals surface area contributed by atoms with E-state index in [0.717, 1.165) is 30.5 Å². The van der Waals surface area contributed by atoms with Crippen molar-refractivity contribution in [2.75, 3.05) is 20.4 Å². The zero-order valence-corrected chi connectivity index (χ0v) is 14.9. The van der Waals surface area contributed by atoms with Gasteiger partial charge in [0.15, 0.2) is 0 Å². The molecule has 0 aromatic heterocycles. The molecule has 2 saturated carbocycles. The molecule has 0 atom stereocenters. The summed E-state index contributed by atoms with van der Waals surface area (Å²) < 4.78 is 5.58. The van der Waals surface area contributed by atoms with Crippen molar-refractivity contribution >= 4 is 0 Å². The maximum atomic E-state index is 5.58. The average Bonchev–Trinajstić information content (AvgIpc) is 2.56. The molecule has 0 radical (unpaired) electrons. The minimum Gasteiger partial charge on any atom is -0.362 e. The lowest BCUT2D eigenvalue weighted by Crippen LogP contribution is -2.38. The highest BCUT2D eigenvalue weighted by Crippen LogP contribution is 2.41. The van der Waals surface area contributed by atoms with Crippen LogP contribution in [-0.4, -0.2) is 31.3 Å². The molecule has 2 fully saturated rings. The van der Waals surface area contributed by atoms with Gasteiger partial charge in [-0.05, 0) is 63.3 Å². The van der Waals surface area contributed by atoms with Gasteiger partial charge in [-0.2, -0.15) is 0 Å². The van der Waals surface area contributed by atoms with Crippen molar-refractivity contribution in [3.05, 3.63) is 12.7 Å². The van der Waals surface area contributed by atoms with Gasteiger partial charge in [0.25, 0.3) is 0 Å². The Morgan fingerprint density at radius 2 is 1.59 bits per heavy atom. The second kappa shape index (κ2) is 9.72. The Morgan fingerprint density at radius 1 is 1.00 bits per heavy atom. The smallest absolute Gasteiger partial charge is 0.0994 e. The molecule has 0 N–H and O–H groups in total. The van der Waals surface area contributed by atoms with E-state index in [4.69, 9.17) is 4.74 Å². The number of ether oxygens (including phenoxy) is 1. The van der Waals surface area contributed by atoms with Gasteiger partial charge in [-0.25, -0.2) is 0 Å². The van der Waals surface area contributed by atoms with Gasteiger partial charge in [-0.1, -0.05) is 38.7 Å².